The fraction of sp³-hybridized carbons (Fsp3) is 0.667. The Labute approximate surface area is 73.1 Å². The monoisotopic (exact) mass is 168 g/mol. The zero-order valence-electron chi connectivity index (χ0n) is 7.75. The van der Waals surface area contributed by atoms with Crippen molar-refractivity contribution in [3.8, 4) is 0 Å². The van der Waals surface area contributed by atoms with Crippen LogP contribution < -0.4 is 0 Å². The zero-order chi connectivity index (χ0) is 8.97. The molecule has 0 spiro atoms. The van der Waals surface area contributed by atoms with Crippen LogP contribution in [0.4, 0.5) is 0 Å². The van der Waals surface area contributed by atoms with E-state index in [-0.39, 0.29) is 6.61 Å². The predicted molar refractivity (Wildman–Crippen MR) is 48.0 cm³/mol. The zero-order valence-corrected chi connectivity index (χ0v) is 7.75. The summed E-state index contributed by atoms with van der Waals surface area (Å²) in [5.41, 5.74) is 0.989. The number of aliphatic hydroxyl groups is 1. The fourth-order valence-electron chi connectivity index (χ4n) is 1.26. The molecule has 3 nitrogen and oxygen atoms in total. The summed E-state index contributed by atoms with van der Waals surface area (Å²) < 4.78 is 2.04. The number of aliphatic hydroxyl groups excluding tert-OH is 1. The van der Waals surface area contributed by atoms with Crippen LogP contribution in [0.3, 0.4) is 0 Å². The maximum absolute atomic E-state index is 8.70. The Morgan fingerprint density at radius 1 is 1.50 bits per heavy atom. The molecule has 1 aromatic rings. The highest BCUT2D eigenvalue weighted by molar-refractivity contribution is 5.04. The van der Waals surface area contributed by atoms with E-state index in [0.717, 1.165) is 24.4 Å². The molecule has 0 fully saturated rings. The average molecular weight is 168 g/mol. The van der Waals surface area contributed by atoms with Crippen LogP contribution in [-0.2, 0) is 19.9 Å². The lowest BCUT2D eigenvalue weighted by Crippen LogP contribution is -1.95. The molecule has 3 heteroatoms. The molecule has 1 rings (SSSR count). The van der Waals surface area contributed by atoms with Gasteiger partial charge < -0.3 is 9.67 Å². The van der Waals surface area contributed by atoms with E-state index in [4.69, 9.17) is 5.11 Å². The second-order valence-corrected chi connectivity index (χ2v) is 2.98. The molecule has 0 bridgehead atoms. The molecule has 0 amide bonds. The number of aromatic nitrogens is 2. The minimum Gasteiger partial charge on any atom is -0.396 e. The number of imidazole rings is 1. The van der Waals surface area contributed by atoms with Gasteiger partial charge in [-0.15, -0.1) is 0 Å². The molecule has 0 unspecified atom stereocenters. The Kier molecular flexibility index (Phi) is 3.29. The van der Waals surface area contributed by atoms with Crippen molar-refractivity contribution >= 4 is 0 Å². The third-order valence-electron chi connectivity index (χ3n) is 1.86. The molecule has 0 aliphatic heterocycles. The Hall–Kier alpha value is -0.830. The van der Waals surface area contributed by atoms with Crippen LogP contribution in [0, 0.1) is 0 Å². The summed E-state index contributed by atoms with van der Waals surface area (Å²) in [6.07, 6.45) is 4.78. The number of aryl methyl sites for hydroxylation is 2. The van der Waals surface area contributed by atoms with Gasteiger partial charge in [-0.05, 0) is 6.42 Å². The van der Waals surface area contributed by atoms with Crippen molar-refractivity contribution in [2.45, 2.75) is 26.2 Å². The summed E-state index contributed by atoms with van der Waals surface area (Å²) in [6, 6.07) is 0. The first-order valence-electron chi connectivity index (χ1n) is 4.40. The highest BCUT2D eigenvalue weighted by Gasteiger charge is 2.02. The Morgan fingerprint density at radius 2 is 2.25 bits per heavy atom. The fourth-order valence-corrected chi connectivity index (χ4v) is 1.26. The van der Waals surface area contributed by atoms with Crippen molar-refractivity contribution in [1.82, 2.24) is 9.55 Å². The molecular formula is C9H16N2O. The Balaban J connectivity index is 2.70. The van der Waals surface area contributed by atoms with Gasteiger partial charge in [-0.2, -0.15) is 0 Å². The molecule has 1 N–H and O–H groups in total. The third-order valence-corrected chi connectivity index (χ3v) is 1.86. The van der Waals surface area contributed by atoms with Gasteiger partial charge in [-0.3, -0.25) is 0 Å². The lowest BCUT2D eigenvalue weighted by atomic mass is 10.3. The van der Waals surface area contributed by atoms with Gasteiger partial charge >= 0.3 is 0 Å². The number of hydrogen-bond donors (Lipinski definition) is 1. The SMILES string of the molecule is CCCc1nc(CCO)cn1C. The first-order valence-corrected chi connectivity index (χ1v) is 4.40. The van der Waals surface area contributed by atoms with Crippen molar-refractivity contribution in [3.63, 3.8) is 0 Å². The predicted octanol–water partition coefficient (Wildman–Crippen LogP) is 0.907. The van der Waals surface area contributed by atoms with Crippen molar-refractivity contribution in [3.05, 3.63) is 17.7 Å². The van der Waals surface area contributed by atoms with E-state index >= 15 is 0 Å². The third kappa shape index (κ3) is 2.08. The van der Waals surface area contributed by atoms with Crippen molar-refractivity contribution in [1.29, 1.82) is 0 Å². The second kappa shape index (κ2) is 4.26. The molecule has 0 saturated heterocycles. The summed E-state index contributed by atoms with van der Waals surface area (Å²) in [5, 5.41) is 8.70. The Morgan fingerprint density at radius 3 is 2.83 bits per heavy atom. The first-order chi connectivity index (χ1) is 5.77. The van der Waals surface area contributed by atoms with Crippen LogP contribution in [0.15, 0.2) is 6.20 Å². The summed E-state index contributed by atoms with van der Waals surface area (Å²) >= 11 is 0. The van der Waals surface area contributed by atoms with Gasteiger partial charge in [0.25, 0.3) is 0 Å². The standard InChI is InChI=1S/C9H16N2O/c1-3-4-9-10-8(5-6-12)7-11(9)2/h7,12H,3-6H2,1-2H3. The van der Waals surface area contributed by atoms with Crippen molar-refractivity contribution in [2.24, 2.45) is 7.05 Å². The Bertz CT molecular complexity index is 243. The van der Waals surface area contributed by atoms with Crippen LogP contribution in [0.2, 0.25) is 0 Å². The van der Waals surface area contributed by atoms with Crippen LogP contribution in [0.25, 0.3) is 0 Å². The van der Waals surface area contributed by atoms with Crippen LogP contribution >= 0.6 is 0 Å². The van der Waals surface area contributed by atoms with Crippen LogP contribution in [-0.4, -0.2) is 21.3 Å². The number of nitrogens with zero attached hydrogens (tertiary/aromatic N) is 2. The van der Waals surface area contributed by atoms with Gasteiger partial charge in [0.15, 0.2) is 0 Å². The summed E-state index contributed by atoms with van der Waals surface area (Å²) in [4.78, 5) is 4.39. The van der Waals surface area contributed by atoms with Gasteiger partial charge in [0, 0.05) is 32.7 Å². The molecule has 0 atom stereocenters. The van der Waals surface area contributed by atoms with Gasteiger partial charge in [0.05, 0.1) is 5.69 Å². The molecule has 0 aliphatic carbocycles. The van der Waals surface area contributed by atoms with E-state index in [1.54, 1.807) is 0 Å². The number of hydrogen-bond acceptors (Lipinski definition) is 2. The van der Waals surface area contributed by atoms with Crippen molar-refractivity contribution in [2.75, 3.05) is 6.61 Å². The maximum atomic E-state index is 8.70. The first kappa shape index (κ1) is 9.26. The van der Waals surface area contributed by atoms with E-state index in [2.05, 4.69) is 11.9 Å². The average Bonchev–Trinajstić information content (AvgIpc) is 2.34. The highest BCUT2D eigenvalue weighted by atomic mass is 16.3. The molecule has 1 heterocycles. The molecule has 68 valence electrons. The van der Waals surface area contributed by atoms with E-state index in [1.165, 1.54) is 0 Å². The van der Waals surface area contributed by atoms with Gasteiger partial charge in [0.2, 0.25) is 0 Å². The molecule has 0 saturated carbocycles. The van der Waals surface area contributed by atoms with Crippen molar-refractivity contribution < 1.29 is 5.11 Å². The number of rotatable bonds is 4. The van der Waals surface area contributed by atoms with E-state index in [1.807, 2.05) is 17.8 Å². The summed E-state index contributed by atoms with van der Waals surface area (Å²) in [5.74, 6) is 1.11. The molecular weight excluding hydrogens is 152 g/mol. The maximum Gasteiger partial charge on any atom is 0.108 e. The van der Waals surface area contributed by atoms with Gasteiger partial charge in [-0.25, -0.2) is 4.98 Å². The quantitative estimate of drug-likeness (QED) is 0.725. The van der Waals surface area contributed by atoms with Gasteiger partial charge in [-0.1, -0.05) is 6.92 Å². The molecule has 12 heavy (non-hydrogen) atoms. The lowest BCUT2D eigenvalue weighted by molar-refractivity contribution is 0.298. The van der Waals surface area contributed by atoms with Crippen LogP contribution in [0.1, 0.15) is 24.9 Å². The second-order valence-electron chi connectivity index (χ2n) is 2.98. The smallest absolute Gasteiger partial charge is 0.108 e. The summed E-state index contributed by atoms with van der Waals surface area (Å²) in [6.45, 7) is 2.32. The van der Waals surface area contributed by atoms with E-state index in [0.29, 0.717) is 6.42 Å². The molecule has 1 aromatic heterocycles. The molecule has 0 aromatic carbocycles. The normalized spacial score (nSPS) is 10.6. The van der Waals surface area contributed by atoms with E-state index in [9.17, 15) is 0 Å². The largest absolute Gasteiger partial charge is 0.396 e. The minimum absolute atomic E-state index is 0.183. The summed E-state index contributed by atoms with van der Waals surface area (Å²) in [7, 11) is 2.00. The minimum atomic E-state index is 0.183. The van der Waals surface area contributed by atoms with Gasteiger partial charge in [0.1, 0.15) is 5.82 Å². The molecule has 0 radical (unpaired) electrons. The van der Waals surface area contributed by atoms with Crippen LogP contribution in [0.5, 0.6) is 0 Å². The lowest BCUT2D eigenvalue weighted by Gasteiger charge is -1.95. The topological polar surface area (TPSA) is 38.1 Å². The van der Waals surface area contributed by atoms with E-state index < -0.39 is 0 Å². The molecule has 0 aliphatic rings. The highest BCUT2D eigenvalue weighted by Crippen LogP contribution is 2.04.